The minimum Gasteiger partial charge on any atom is -0.496 e. The average molecular weight is 343 g/mol. The Balaban J connectivity index is 1.72. The van der Waals surface area contributed by atoms with Crippen LogP contribution in [0.3, 0.4) is 0 Å². The Hall–Kier alpha value is -1.55. The number of aliphatic hydroxyl groups is 1. The van der Waals surface area contributed by atoms with Crippen molar-refractivity contribution in [3.8, 4) is 5.75 Å². The maximum atomic E-state index is 12.2. The summed E-state index contributed by atoms with van der Waals surface area (Å²) in [4.78, 5) is 12.2. The summed E-state index contributed by atoms with van der Waals surface area (Å²) < 4.78 is 5.54. The van der Waals surface area contributed by atoms with Crippen LogP contribution in [0.4, 0.5) is 0 Å². The van der Waals surface area contributed by atoms with Gasteiger partial charge in [-0.2, -0.15) is 0 Å². The lowest BCUT2D eigenvalue weighted by Crippen LogP contribution is -2.44. The number of carbonyl (C=O) groups excluding carboxylic acids is 1. The molecule has 1 amide bonds. The van der Waals surface area contributed by atoms with Crippen molar-refractivity contribution in [3.05, 3.63) is 28.8 Å². The molecule has 0 spiro atoms. The lowest BCUT2D eigenvalue weighted by molar-refractivity contribution is -0.0226. The largest absolute Gasteiger partial charge is 0.496 e. The molecule has 0 unspecified atom stereocenters. The molecule has 3 aliphatic carbocycles. The van der Waals surface area contributed by atoms with Crippen LogP contribution in [0.5, 0.6) is 5.75 Å². The Labute approximate surface area is 150 Å². The highest BCUT2D eigenvalue weighted by atomic mass is 16.5. The topological polar surface area (TPSA) is 58.6 Å². The highest BCUT2D eigenvalue weighted by Crippen LogP contribution is 2.61. The molecule has 1 aromatic carbocycles. The zero-order chi connectivity index (χ0) is 17.8. The molecule has 2 fully saturated rings. The zero-order valence-electron chi connectivity index (χ0n) is 15.5. The summed E-state index contributed by atoms with van der Waals surface area (Å²) in [6.45, 7) is 2.30. The molecule has 136 valence electrons. The molecular formula is C21H29NO3. The molecule has 0 aromatic heterocycles. The molecule has 4 rings (SSSR count). The summed E-state index contributed by atoms with van der Waals surface area (Å²) in [5.41, 5.74) is 3.43. The molecule has 0 bridgehead atoms. The van der Waals surface area contributed by atoms with Gasteiger partial charge in [-0.05, 0) is 85.0 Å². The molecule has 0 aliphatic heterocycles. The second-order valence-corrected chi connectivity index (χ2v) is 8.38. The van der Waals surface area contributed by atoms with Crippen LogP contribution in [0.15, 0.2) is 12.1 Å². The van der Waals surface area contributed by atoms with Gasteiger partial charge >= 0.3 is 0 Å². The van der Waals surface area contributed by atoms with E-state index in [9.17, 15) is 9.90 Å². The van der Waals surface area contributed by atoms with E-state index in [2.05, 4.69) is 18.3 Å². The Morgan fingerprint density at radius 1 is 1.28 bits per heavy atom. The van der Waals surface area contributed by atoms with Crippen molar-refractivity contribution in [1.82, 2.24) is 5.32 Å². The van der Waals surface area contributed by atoms with Crippen LogP contribution in [0, 0.1) is 17.3 Å². The number of benzene rings is 1. The summed E-state index contributed by atoms with van der Waals surface area (Å²) in [6.07, 6.45) is 6.39. The first-order valence-corrected chi connectivity index (χ1v) is 9.60. The van der Waals surface area contributed by atoms with Crippen molar-refractivity contribution < 1.29 is 14.6 Å². The van der Waals surface area contributed by atoms with E-state index in [1.807, 2.05) is 6.07 Å². The number of hydrogen-bond acceptors (Lipinski definition) is 3. The van der Waals surface area contributed by atoms with E-state index >= 15 is 0 Å². The van der Waals surface area contributed by atoms with E-state index in [1.54, 1.807) is 14.2 Å². The van der Waals surface area contributed by atoms with Gasteiger partial charge in [0.1, 0.15) is 5.75 Å². The van der Waals surface area contributed by atoms with Crippen molar-refractivity contribution in [1.29, 1.82) is 0 Å². The first-order chi connectivity index (χ1) is 12.0. The third-order valence-electron chi connectivity index (χ3n) is 7.47. The monoisotopic (exact) mass is 343 g/mol. The van der Waals surface area contributed by atoms with Gasteiger partial charge in [0.2, 0.25) is 0 Å². The number of hydrogen-bond donors (Lipinski definition) is 2. The molecule has 5 atom stereocenters. The molecule has 2 N–H and O–H groups in total. The first kappa shape index (κ1) is 16.9. The van der Waals surface area contributed by atoms with Crippen LogP contribution < -0.4 is 10.1 Å². The van der Waals surface area contributed by atoms with Gasteiger partial charge in [-0.1, -0.05) is 6.92 Å². The Morgan fingerprint density at radius 3 is 2.80 bits per heavy atom. The molecule has 3 aliphatic rings. The number of carbonyl (C=O) groups is 1. The van der Waals surface area contributed by atoms with E-state index < -0.39 is 0 Å². The van der Waals surface area contributed by atoms with Crippen molar-refractivity contribution in [2.75, 3.05) is 14.2 Å². The van der Waals surface area contributed by atoms with Crippen molar-refractivity contribution in [2.24, 2.45) is 17.3 Å². The molecule has 0 radical (unpaired) electrons. The fraction of sp³-hybridized carbons (Fsp3) is 0.667. The maximum absolute atomic E-state index is 12.2. The Morgan fingerprint density at radius 2 is 2.08 bits per heavy atom. The smallest absolute Gasteiger partial charge is 0.254 e. The number of aliphatic hydroxyl groups excluding tert-OH is 1. The van der Waals surface area contributed by atoms with Crippen LogP contribution in [0.1, 0.15) is 66.4 Å². The lowest BCUT2D eigenvalue weighted by atomic mass is 9.55. The van der Waals surface area contributed by atoms with E-state index in [1.165, 1.54) is 17.5 Å². The number of methoxy groups -OCH3 is 1. The van der Waals surface area contributed by atoms with Crippen LogP contribution in [0.25, 0.3) is 0 Å². The summed E-state index contributed by atoms with van der Waals surface area (Å²) in [5, 5.41) is 13.2. The summed E-state index contributed by atoms with van der Waals surface area (Å²) in [7, 11) is 3.30. The fourth-order valence-corrected chi connectivity index (χ4v) is 6.05. The quantitative estimate of drug-likeness (QED) is 0.866. The van der Waals surface area contributed by atoms with Crippen molar-refractivity contribution in [3.63, 3.8) is 0 Å². The third-order valence-corrected chi connectivity index (χ3v) is 7.47. The highest BCUT2D eigenvalue weighted by Gasteiger charge is 2.54. The van der Waals surface area contributed by atoms with E-state index in [-0.39, 0.29) is 17.4 Å². The summed E-state index contributed by atoms with van der Waals surface area (Å²) in [5.74, 6) is 2.41. The molecular weight excluding hydrogens is 314 g/mol. The second kappa shape index (κ2) is 6.01. The van der Waals surface area contributed by atoms with Gasteiger partial charge in [-0.25, -0.2) is 0 Å². The Bertz CT molecular complexity index is 701. The SMILES string of the molecule is CNC(=O)c1cc2c(cc1OC)[C@H]1CC[C@]3(C)[C@@H](O)CC[C@H]3[C@@H]1CC2. The molecule has 4 nitrogen and oxygen atoms in total. The predicted octanol–water partition coefficient (Wildman–Crippen LogP) is 3.27. The molecule has 1 aromatic rings. The van der Waals surface area contributed by atoms with Crippen LogP contribution in [-0.4, -0.2) is 31.3 Å². The third kappa shape index (κ3) is 2.41. The normalized spacial score (nSPS) is 36.2. The predicted molar refractivity (Wildman–Crippen MR) is 97.0 cm³/mol. The number of rotatable bonds is 2. The lowest BCUT2D eigenvalue weighted by Gasteiger charge is -2.50. The highest BCUT2D eigenvalue weighted by molar-refractivity contribution is 5.97. The van der Waals surface area contributed by atoms with Crippen LogP contribution >= 0.6 is 0 Å². The van der Waals surface area contributed by atoms with Gasteiger partial charge < -0.3 is 15.2 Å². The molecule has 2 saturated carbocycles. The second-order valence-electron chi connectivity index (χ2n) is 8.38. The number of fused-ring (bicyclic) bond motifs is 5. The fourth-order valence-electron chi connectivity index (χ4n) is 6.05. The molecule has 4 heteroatoms. The first-order valence-electron chi connectivity index (χ1n) is 9.60. The zero-order valence-corrected chi connectivity index (χ0v) is 15.5. The summed E-state index contributed by atoms with van der Waals surface area (Å²) >= 11 is 0. The number of ether oxygens (including phenoxy) is 1. The maximum Gasteiger partial charge on any atom is 0.254 e. The number of nitrogens with one attached hydrogen (secondary N) is 1. The van der Waals surface area contributed by atoms with Gasteiger partial charge in [0.15, 0.2) is 0 Å². The van der Waals surface area contributed by atoms with Crippen molar-refractivity contribution in [2.45, 2.75) is 57.5 Å². The van der Waals surface area contributed by atoms with Gasteiger partial charge in [-0.3, -0.25) is 4.79 Å². The van der Waals surface area contributed by atoms with Gasteiger partial charge in [0, 0.05) is 7.05 Å². The number of amides is 1. The van der Waals surface area contributed by atoms with Crippen molar-refractivity contribution >= 4 is 5.91 Å². The van der Waals surface area contributed by atoms with Gasteiger partial charge in [0.25, 0.3) is 5.91 Å². The minimum atomic E-state index is -0.134. The molecule has 0 heterocycles. The number of aryl methyl sites for hydroxylation is 1. The van der Waals surface area contributed by atoms with E-state index in [0.29, 0.717) is 29.1 Å². The Kier molecular flexibility index (Phi) is 4.06. The minimum absolute atomic E-state index is 0.0862. The summed E-state index contributed by atoms with van der Waals surface area (Å²) in [6, 6.07) is 4.16. The van der Waals surface area contributed by atoms with E-state index in [4.69, 9.17) is 4.74 Å². The average Bonchev–Trinajstić information content (AvgIpc) is 2.94. The molecule has 25 heavy (non-hydrogen) atoms. The standard InChI is InChI=1S/C21H29NO3/c1-21-9-8-13-14(17(21)6-7-19(21)23)5-4-12-10-16(20(24)22-2)18(25-3)11-15(12)13/h10-11,13-14,17,19,23H,4-9H2,1-3H3,(H,22,24)/t13-,14+,17-,19-,21-/m0/s1. The van der Waals surface area contributed by atoms with E-state index in [0.717, 1.165) is 32.1 Å². The van der Waals surface area contributed by atoms with Gasteiger partial charge in [0.05, 0.1) is 18.8 Å². The van der Waals surface area contributed by atoms with Crippen LogP contribution in [-0.2, 0) is 6.42 Å². The molecule has 0 saturated heterocycles. The van der Waals surface area contributed by atoms with Crippen LogP contribution in [0.2, 0.25) is 0 Å². The van der Waals surface area contributed by atoms with Gasteiger partial charge in [-0.15, -0.1) is 0 Å².